The van der Waals surface area contributed by atoms with E-state index in [1.165, 1.54) is 0 Å². The molecule has 0 aromatic rings. The topological polar surface area (TPSA) is 18.5 Å². The Balaban J connectivity index is 3.69. The summed E-state index contributed by atoms with van der Waals surface area (Å²) >= 11 is 0. The average Bonchev–Trinajstić information content (AvgIpc) is 2.10. The Morgan fingerprint density at radius 1 is 0.867 bits per heavy atom. The van der Waals surface area contributed by atoms with Gasteiger partial charge in [-0.15, -0.1) is 0 Å². The largest absolute Gasteiger partial charge is 0.364 e. The SMILES string of the molecule is CCC(OC(C)C)SSC(C)OC(C)C. The first kappa shape index (κ1) is 15.6. The van der Waals surface area contributed by atoms with E-state index in [2.05, 4.69) is 41.5 Å². The highest BCUT2D eigenvalue weighted by molar-refractivity contribution is 8.77. The lowest BCUT2D eigenvalue weighted by Gasteiger charge is -2.20. The third kappa shape index (κ3) is 9.54. The molecule has 0 spiro atoms. The van der Waals surface area contributed by atoms with Gasteiger partial charge in [-0.3, -0.25) is 0 Å². The minimum Gasteiger partial charge on any atom is -0.364 e. The van der Waals surface area contributed by atoms with Gasteiger partial charge in [0.2, 0.25) is 0 Å². The van der Waals surface area contributed by atoms with Crippen molar-refractivity contribution in [2.24, 2.45) is 0 Å². The van der Waals surface area contributed by atoms with E-state index in [4.69, 9.17) is 9.47 Å². The molecule has 0 bridgehead atoms. The van der Waals surface area contributed by atoms with Gasteiger partial charge in [0.1, 0.15) is 10.9 Å². The Hall–Kier alpha value is 0.620. The molecule has 0 N–H and O–H groups in total. The first-order valence-electron chi connectivity index (χ1n) is 5.58. The molecule has 4 heteroatoms. The van der Waals surface area contributed by atoms with Gasteiger partial charge in [-0.2, -0.15) is 0 Å². The van der Waals surface area contributed by atoms with Gasteiger partial charge in [0.25, 0.3) is 0 Å². The van der Waals surface area contributed by atoms with Crippen LogP contribution in [-0.4, -0.2) is 23.1 Å². The molecular formula is C11H24O2S2. The molecule has 2 unspecified atom stereocenters. The lowest BCUT2D eigenvalue weighted by molar-refractivity contribution is 0.0579. The predicted molar refractivity (Wildman–Crippen MR) is 71.2 cm³/mol. The number of hydrogen-bond acceptors (Lipinski definition) is 4. The summed E-state index contributed by atoms with van der Waals surface area (Å²) in [5.74, 6) is 0. The first-order chi connectivity index (χ1) is 6.95. The van der Waals surface area contributed by atoms with Crippen LogP contribution in [0.1, 0.15) is 48.0 Å². The summed E-state index contributed by atoms with van der Waals surface area (Å²) in [7, 11) is 3.52. The first-order valence-corrected chi connectivity index (χ1v) is 7.86. The van der Waals surface area contributed by atoms with Crippen molar-refractivity contribution >= 4 is 21.6 Å². The summed E-state index contributed by atoms with van der Waals surface area (Å²) in [6.07, 6.45) is 1.62. The van der Waals surface area contributed by atoms with Crippen LogP contribution in [0.5, 0.6) is 0 Å². The number of rotatable bonds is 8. The maximum atomic E-state index is 5.74. The van der Waals surface area contributed by atoms with E-state index in [-0.39, 0.29) is 10.9 Å². The molecule has 0 heterocycles. The van der Waals surface area contributed by atoms with Crippen molar-refractivity contribution in [3.63, 3.8) is 0 Å². The fraction of sp³-hybridized carbons (Fsp3) is 1.00. The van der Waals surface area contributed by atoms with Gasteiger partial charge in [-0.05, 0) is 41.0 Å². The Morgan fingerprint density at radius 3 is 1.80 bits per heavy atom. The highest BCUT2D eigenvalue weighted by Crippen LogP contribution is 2.34. The number of hydrogen-bond donors (Lipinski definition) is 0. The third-order valence-electron chi connectivity index (χ3n) is 1.52. The van der Waals surface area contributed by atoms with Crippen LogP contribution in [0.2, 0.25) is 0 Å². The van der Waals surface area contributed by atoms with Crippen molar-refractivity contribution in [1.29, 1.82) is 0 Å². The van der Waals surface area contributed by atoms with Crippen LogP contribution in [-0.2, 0) is 9.47 Å². The van der Waals surface area contributed by atoms with Crippen molar-refractivity contribution < 1.29 is 9.47 Å². The standard InChI is InChI=1S/C11H24O2S2/c1-7-11(13-9(4)5)15-14-10(6)12-8(2)3/h8-11H,7H2,1-6H3. The molecule has 0 radical (unpaired) electrons. The van der Waals surface area contributed by atoms with Crippen LogP contribution in [0.15, 0.2) is 0 Å². The van der Waals surface area contributed by atoms with E-state index in [9.17, 15) is 0 Å². The molecule has 0 saturated heterocycles. The lowest BCUT2D eigenvalue weighted by atomic mass is 10.4. The van der Waals surface area contributed by atoms with Crippen LogP contribution in [0.25, 0.3) is 0 Å². The highest BCUT2D eigenvalue weighted by atomic mass is 33.1. The van der Waals surface area contributed by atoms with Crippen LogP contribution in [0.4, 0.5) is 0 Å². The Morgan fingerprint density at radius 2 is 1.40 bits per heavy atom. The molecule has 15 heavy (non-hydrogen) atoms. The Labute approximate surface area is 102 Å². The molecule has 2 nitrogen and oxygen atoms in total. The zero-order valence-corrected chi connectivity index (χ0v) is 12.3. The fourth-order valence-corrected chi connectivity index (χ4v) is 3.51. The summed E-state index contributed by atoms with van der Waals surface area (Å²) < 4.78 is 11.4. The van der Waals surface area contributed by atoms with E-state index in [0.717, 1.165) is 6.42 Å². The van der Waals surface area contributed by atoms with Crippen LogP contribution >= 0.6 is 21.6 Å². The van der Waals surface area contributed by atoms with Gasteiger partial charge in [-0.1, -0.05) is 28.5 Å². The zero-order chi connectivity index (χ0) is 11.8. The molecule has 0 amide bonds. The Bertz CT molecular complexity index is 152. The minimum atomic E-state index is 0.222. The number of ether oxygens (including phenoxy) is 2. The molecular weight excluding hydrogens is 228 g/mol. The second kappa shape index (κ2) is 8.74. The zero-order valence-electron chi connectivity index (χ0n) is 10.6. The van der Waals surface area contributed by atoms with Gasteiger partial charge < -0.3 is 9.47 Å². The van der Waals surface area contributed by atoms with Gasteiger partial charge in [-0.25, -0.2) is 0 Å². The van der Waals surface area contributed by atoms with Gasteiger partial charge in [0.05, 0.1) is 12.2 Å². The Kier molecular flexibility index (Phi) is 9.10. The van der Waals surface area contributed by atoms with E-state index in [1.807, 2.05) is 0 Å². The molecule has 92 valence electrons. The summed E-state index contributed by atoms with van der Waals surface area (Å²) in [5, 5.41) is 0. The average molecular weight is 252 g/mol. The highest BCUT2D eigenvalue weighted by Gasteiger charge is 2.13. The third-order valence-corrected chi connectivity index (χ3v) is 4.46. The van der Waals surface area contributed by atoms with Crippen LogP contribution in [0, 0.1) is 0 Å². The summed E-state index contributed by atoms with van der Waals surface area (Å²) in [4.78, 5) is 0. The predicted octanol–water partition coefficient (Wildman–Crippen LogP) is 4.30. The van der Waals surface area contributed by atoms with E-state index in [1.54, 1.807) is 21.6 Å². The van der Waals surface area contributed by atoms with Crippen LogP contribution < -0.4 is 0 Å². The van der Waals surface area contributed by atoms with Crippen molar-refractivity contribution in [2.45, 2.75) is 71.0 Å². The van der Waals surface area contributed by atoms with Crippen molar-refractivity contribution in [2.75, 3.05) is 0 Å². The maximum Gasteiger partial charge on any atom is 0.113 e. The van der Waals surface area contributed by atoms with E-state index >= 15 is 0 Å². The van der Waals surface area contributed by atoms with Crippen molar-refractivity contribution in [3.8, 4) is 0 Å². The molecule has 0 aromatic heterocycles. The smallest absolute Gasteiger partial charge is 0.113 e. The van der Waals surface area contributed by atoms with Gasteiger partial charge >= 0.3 is 0 Å². The van der Waals surface area contributed by atoms with Crippen molar-refractivity contribution in [1.82, 2.24) is 0 Å². The molecule has 0 aliphatic carbocycles. The van der Waals surface area contributed by atoms with E-state index in [0.29, 0.717) is 12.2 Å². The fourth-order valence-electron chi connectivity index (χ4n) is 1.04. The minimum absolute atomic E-state index is 0.222. The normalized spacial score (nSPS) is 16.0. The molecule has 0 fully saturated rings. The molecule has 0 saturated carbocycles. The van der Waals surface area contributed by atoms with Gasteiger partial charge in [0.15, 0.2) is 0 Å². The second-order valence-electron chi connectivity index (χ2n) is 3.97. The molecule has 2 atom stereocenters. The molecule has 0 aromatic carbocycles. The van der Waals surface area contributed by atoms with Crippen molar-refractivity contribution in [3.05, 3.63) is 0 Å². The monoisotopic (exact) mass is 252 g/mol. The molecule has 0 rings (SSSR count). The summed E-state index contributed by atoms with van der Waals surface area (Å²) in [6, 6.07) is 0. The molecule has 0 aliphatic rings. The second-order valence-corrected chi connectivity index (χ2v) is 6.70. The van der Waals surface area contributed by atoms with Gasteiger partial charge in [0, 0.05) is 0 Å². The maximum absolute atomic E-state index is 5.74. The van der Waals surface area contributed by atoms with Crippen LogP contribution in [0.3, 0.4) is 0 Å². The van der Waals surface area contributed by atoms with E-state index < -0.39 is 0 Å². The summed E-state index contributed by atoms with van der Waals surface area (Å²) in [6.45, 7) is 12.5. The molecule has 0 aliphatic heterocycles. The quantitative estimate of drug-likeness (QED) is 0.473. The summed E-state index contributed by atoms with van der Waals surface area (Å²) in [5.41, 5.74) is 0.494. The lowest BCUT2D eigenvalue weighted by Crippen LogP contribution is -2.14.